The van der Waals surface area contributed by atoms with Crippen molar-refractivity contribution in [2.45, 2.75) is 6.42 Å². The third kappa shape index (κ3) is 6.37. The molecule has 7 nitrogen and oxygen atoms in total. The second kappa shape index (κ2) is 15.0. The summed E-state index contributed by atoms with van der Waals surface area (Å²) in [5, 5.41) is 57.8. The lowest BCUT2D eigenvalue weighted by molar-refractivity contribution is 0.327. The van der Waals surface area contributed by atoms with Crippen LogP contribution in [-0.2, 0) is 6.42 Å². The zero-order valence-corrected chi connectivity index (χ0v) is 33.4. The van der Waals surface area contributed by atoms with Gasteiger partial charge in [0.05, 0.1) is 16.6 Å². The Balaban J connectivity index is 1.18. The summed E-state index contributed by atoms with van der Waals surface area (Å²) in [6.07, 6.45) is 3.67. The highest BCUT2D eigenvalue weighted by Gasteiger charge is 2.26. The summed E-state index contributed by atoms with van der Waals surface area (Å²) in [6.45, 7) is 0. The van der Waals surface area contributed by atoms with Crippen LogP contribution < -0.4 is 5.73 Å². The minimum atomic E-state index is -1.03. The molecule has 0 atom stereocenters. The fourth-order valence-corrected chi connectivity index (χ4v) is 9.63. The molecule has 0 unspecified atom stereocenters. The van der Waals surface area contributed by atoms with Gasteiger partial charge in [-0.25, -0.2) is 0 Å². The predicted molar refractivity (Wildman–Crippen MR) is 250 cm³/mol. The minimum absolute atomic E-state index is 0.229. The number of hydrogen-bond acceptors (Lipinski definition) is 7. The summed E-state index contributed by atoms with van der Waals surface area (Å²) in [5.74, 6) is -4.54. The van der Waals surface area contributed by atoms with Crippen LogP contribution in [0.3, 0.4) is 0 Å². The fourth-order valence-electron chi connectivity index (χ4n) is 8.49. The van der Waals surface area contributed by atoms with Crippen LogP contribution in [0.5, 0.6) is 28.7 Å². The first-order valence-corrected chi connectivity index (χ1v) is 20.6. The van der Waals surface area contributed by atoms with E-state index in [0.717, 1.165) is 75.5 Å². The summed E-state index contributed by atoms with van der Waals surface area (Å²) in [7, 11) is 0. The van der Waals surface area contributed by atoms with E-state index in [2.05, 4.69) is 114 Å². The van der Waals surface area contributed by atoms with E-state index in [1.54, 1.807) is 23.5 Å². The van der Waals surface area contributed by atoms with Crippen LogP contribution in [0, 0.1) is 0 Å². The van der Waals surface area contributed by atoms with Crippen molar-refractivity contribution in [1.29, 1.82) is 0 Å². The topological polar surface area (TPSA) is 132 Å². The molecule has 10 aromatic rings. The SMILES string of the molecule is N/C(=C\C(=C/Cc1cccc2sc3ccc(-n4c5ccccc5c5cc(-c6ccccc6)cc(-c6ccccc6)c54)cc3c12)c1c(O)c(O)c(O)c(O)c1O)c1ccccc1. The summed E-state index contributed by atoms with van der Waals surface area (Å²) >= 11 is 1.70. The van der Waals surface area contributed by atoms with Gasteiger partial charge in [0.1, 0.15) is 0 Å². The molecular weight excluding hydrogens is 777 g/mol. The average molecular weight is 815 g/mol. The zero-order valence-electron chi connectivity index (χ0n) is 32.6. The van der Waals surface area contributed by atoms with Gasteiger partial charge < -0.3 is 35.8 Å². The molecule has 0 aliphatic carbocycles. The Labute approximate surface area is 354 Å². The first-order chi connectivity index (χ1) is 29.8. The smallest absolute Gasteiger partial charge is 0.208 e. The highest BCUT2D eigenvalue weighted by molar-refractivity contribution is 7.25. The first-order valence-electron chi connectivity index (χ1n) is 19.8. The third-order valence-corrected chi connectivity index (χ3v) is 12.5. The maximum absolute atomic E-state index is 11.1. The molecule has 0 saturated heterocycles. The number of rotatable bonds is 8. The summed E-state index contributed by atoms with van der Waals surface area (Å²) in [5.41, 5.74) is 16.3. The van der Waals surface area contributed by atoms with Crippen LogP contribution in [-0.4, -0.2) is 30.1 Å². The van der Waals surface area contributed by atoms with Gasteiger partial charge in [-0.2, -0.15) is 0 Å². The number of para-hydroxylation sites is 1. The second-order valence-electron chi connectivity index (χ2n) is 15.0. The van der Waals surface area contributed by atoms with Gasteiger partial charge in [0.2, 0.25) is 17.2 Å². The van der Waals surface area contributed by atoms with Crippen molar-refractivity contribution >= 4 is 64.6 Å². The zero-order chi connectivity index (χ0) is 41.8. The lowest BCUT2D eigenvalue weighted by atomic mass is 9.95. The quantitative estimate of drug-likeness (QED) is 0.0514. The molecule has 0 saturated carbocycles. The molecule has 0 aliphatic heterocycles. The van der Waals surface area contributed by atoms with Gasteiger partial charge in [-0.15, -0.1) is 11.3 Å². The standard InChI is InChI=1S/C53H38N2O5S/c54-42(33-17-8-3-9-18-33)29-35(47-49(56)51(58)53(60)52(59)50(47)57)24-23-34-19-12-22-45-46(34)41-30-37(25-26-44(41)61-45)55-43-21-11-10-20-38(43)40-28-36(31-13-4-1-5-14-31)27-39(48(40)55)32-15-6-2-7-16-32/h1-22,24-30,56-60H,23,54H2/b35-24+,42-29-. The van der Waals surface area contributed by atoms with Gasteiger partial charge in [0.15, 0.2) is 11.5 Å². The van der Waals surface area contributed by atoms with Crippen LogP contribution in [0.2, 0.25) is 0 Å². The number of nitrogens with zero attached hydrogens (tertiary/aromatic N) is 1. The van der Waals surface area contributed by atoms with E-state index >= 15 is 0 Å². The van der Waals surface area contributed by atoms with Gasteiger partial charge in [-0.1, -0.05) is 127 Å². The van der Waals surface area contributed by atoms with Gasteiger partial charge in [-0.05, 0) is 88.4 Å². The molecule has 8 aromatic carbocycles. The maximum atomic E-state index is 11.1. The van der Waals surface area contributed by atoms with Gasteiger partial charge >= 0.3 is 0 Å². The number of nitrogens with two attached hydrogens (primary N) is 1. The molecule has 0 aliphatic rings. The van der Waals surface area contributed by atoms with Crippen molar-refractivity contribution in [2.75, 3.05) is 0 Å². The normalized spacial score (nSPS) is 12.3. The lowest BCUT2D eigenvalue weighted by Crippen LogP contribution is -1.98. The largest absolute Gasteiger partial charge is 0.504 e. The van der Waals surface area contributed by atoms with Crippen LogP contribution in [0.1, 0.15) is 16.7 Å². The molecule has 0 spiro atoms. The molecular formula is C53H38N2O5S. The first kappa shape index (κ1) is 37.3. The van der Waals surface area contributed by atoms with Crippen LogP contribution in [0.4, 0.5) is 0 Å². The van der Waals surface area contributed by atoms with E-state index in [9.17, 15) is 25.5 Å². The number of hydrogen-bond donors (Lipinski definition) is 6. The van der Waals surface area contributed by atoms with E-state index in [-0.39, 0.29) is 11.1 Å². The van der Waals surface area contributed by atoms with E-state index in [1.165, 1.54) is 0 Å². The van der Waals surface area contributed by atoms with Crippen LogP contribution in [0.15, 0.2) is 176 Å². The van der Waals surface area contributed by atoms with Crippen molar-refractivity contribution in [1.82, 2.24) is 4.57 Å². The molecule has 2 heterocycles. The third-order valence-electron chi connectivity index (χ3n) is 11.4. The lowest BCUT2D eigenvalue weighted by Gasteiger charge is -2.15. The van der Waals surface area contributed by atoms with E-state index in [4.69, 9.17) is 5.73 Å². The predicted octanol–water partition coefficient (Wildman–Crippen LogP) is 12.6. The number of phenolic OH excluding ortho intramolecular Hbond substituents is 5. The fraction of sp³-hybridized carbons (Fsp3) is 0.0189. The van der Waals surface area contributed by atoms with Gasteiger partial charge in [0, 0.05) is 47.9 Å². The molecule has 296 valence electrons. The molecule has 8 heteroatoms. The highest BCUT2D eigenvalue weighted by atomic mass is 32.1. The maximum Gasteiger partial charge on any atom is 0.208 e. The number of aromatic nitrogens is 1. The highest BCUT2D eigenvalue weighted by Crippen LogP contribution is 2.53. The Hall–Kier alpha value is -7.94. The van der Waals surface area contributed by atoms with E-state index in [0.29, 0.717) is 17.7 Å². The molecule has 0 bridgehead atoms. The van der Waals surface area contributed by atoms with Crippen molar-refractivity contribution in [2.24, 2.45) is 5.73 Å². The van der Waals surface area contributed by atoms with Gasteiger partial charge in [-0.3, -0.25) is 0 Å². The number of allylic oxidation sites excluding steroid dienone is 3. The molecule has 61 heavy (non-hydrogen) atoms. The average Bonchev–Trinajstić information content (AvgIpc) is 3.85. The summed E-state index contributed by atoms with van der Waals surface area (Å²) in [6, 6.07) is 56.2. The molecule has 2 aromatic heterocycles. The molecule has 7 N–H and O–H groups in total. The summed E-state index contributed by atoms with van der Waals surface area (Å²) < 4.78 is 4.57. The Morgan fingerprint density at radius 1 is 0.541 bits per heavy atom. The molecule has 0 amide bonds. The van der Waals surface area contributed by atoms with Crippen molar-refractivity contribution in [3.8, 4) is 56.7 Å². The van der Waals surface area contributed by atoms with Crippen molar-refractivity contribution < 1.29 is 25.5 Å². The number of thiophene rings is 1. The van der Waals surface area contributed by atoms with Crippen LogP contribution in [0.25, 0.3) is 81.2 Å². The van der Waals surface area contributed by atoms with E-state index in [1.807, 2.05) is 54.6 Å². The number of phenols is 5. The monoisotopic (exact) mass is 814 g/mol. The number of aromatic hydroxyl groups is 5. The minimum Gasteiger partial charge on any atom is -0.504 e. The number of fused-ring (bicyclic) bond motifs is 6. The Kier molecular flexibility index (Phi) is 9.19. The Bertz CT molecular complexity index is 3360. The summed E-state index contributed by atoms with van der Waals surface area (Å²) in [4.78, 5) is 0. The second-order valence-corrected chi connectivity index (χ2v) is 16.1. The van der Waals surface area contributed by atoms with Crippen molar-refractivity contribution in [3.05, 3.63) is 193 Å². The molecule has 0 radical (unpaired) electrons. The van der Waals surface area contributed by atoms with Crippen molar-refractivity contribution in [3.63, 3.8) is 0 Å². The van der Waals surface area contributed by atoms with Crippen LogP contribution >= 0.6 is 11.3 Å². The Morgan fingerprint density at radius 3 is 1.90 bits per heavy atom. The van der Waals surface area contributed by atoms with E-state index < -0.39 is 28.7 Å². The molecule has 10 rings (SSSR count). The Morgan fingerprint density at radius 2 is 1.18 bits per heavy atom. The number of benzene rings is 8. The molecule has 0 fully saturated rings. The van der Waals surface area contributed by atoms with Gasteiger partial charge in [0.25, 0.3) is 0 Å².